The summed E-state index contributed by atoms with van der Waals surface area (Å²) in [6.07, 6.45) is -0.368. The van der Waals surface area contributed by atoms with Crippen LogP contribution in [0.3, 0.4) is 0 Å². The SMILES string of the molecule is COC(C)OOC(C)(C)c1ccccc1. The van der Waals surface area contributed by atoms with E-state index in [4.69, 9.17) is 14.5 Å². The molecule has 3 heteroatoms. The minimum atomic E-state index is -0.478. The van der Waals surface area contributed by atoms with Gasteiger partial charge >= 0.3 is 0 Å². The van der Waals surface area contributed by atoms with Gasteiger partial charge in [0.15, 0.2) is 6.29 Å². The van der Waals surface area contributed by atoms with Crippen molar-refractivity contribution < 1.29 is 14.5 Å². The molecule has 1 atom stereocenters. The molecule has 0 aliphatic rings. The molecule has 0 bridgehead atoms. The highest BCUT2D eigenvalue weighted by Gasteiger charge is 2.23. The minimum Gasteiger partial charge on any atom is -0.353 e. The minimum absolute atomic E-state index is 0.368. The van der Waals surface area contributed by atoms with Crippen LogP contribution in [-0.4, -0.2) is 13.4 Å². The Labute approximate surface area is 90.9 Å². The first-order valence-corrected chi connectivity index (χ1v) is 4.99. The molecule has 0 spiro atoms. The summed E-state index contributed by atoms with van der Waals surface area (Å²) in [6.45, 7) is 5.68. The zero-order valence-electron chi connectivity index (χ0n) is 9.69. The Morgan fingerprint density at radius 3 is 2.27 bits per heavy atom. The van der Waals surface area contributed by atoms with Gasteiger partial charge in [0.2, 0.25) is 0 Å². The number of hydrogen-bond donors (Lipinski definition) is 0. The normalized spacial score (nSPS) is 13.9. The molecule has 0 saturated heterocycles. The van der Waals surface area contributed by atoms with Gasteiger partial charge in [0, 0.05) is 7.11 Å². The molecule has 0 radical (unpaired) electrons. The van der Waals surface area contributed by atoms with Crippen molar-refractivity contribution in [2.24, 2.45) is 0 Å². The number of benzene rings is 1. The van der Waals surface area contributed by atoms with Crippen molar-refractivity contribution >= 4 is 0 Å². The highest BCUT2D eigenvalue weighted by molar-refractivity contribution is 5.20. The molecule has 3 nitrogen and oxygen atoms in total. The van der Waals surface area contributed by atoms with Crippen LogP contribution in [0.5, 0.6) is 0 Å². The third kappa shape index (κ3) is 3.63. The van der Waals surface area contributed by atoms with E-state index >= 15 is 0 Å². The molecule has 0 amide bonds. The second-order valence-electron chi connectivity index (χ2n) is 3.86. The fourth-order valence-electron chi connectivity index (χ4n) is 1.11. The molecule has 0 aromatic heterocycles. The molecular weight excluding hydrogens is 192 g/mol. The molecule has 1 rings (SSSR count). The molecule has 0 N–H and O–H groups in total. The van der Waals surface area contributed by atoms with Gasteiger partial charge in [-0.25, -0.2) is 9.78 Å². The van der Waals surface area contributed by atoms with Gasteiger partial charge in [0.05, 0.1) is 0 Å². The van der Waals surface area contributed by atoms with Crippen LogP contribution in [0.1, 0.15) is 26.3 Å². The summed E-state index contributed by atoms with van der Waals surface area (Å²) in [7, 11) is 1.57. The average molecular weight is 210 g/mol. The van der Waals surface area contributed by atoms with Crippen molar-refractivity contribution in [2.75, 3.05) is 7.11 Å². The molecule has 0 fully saturated rings. The van der Waals surface area contributed by atoms with E-state index in [1.807, 2.05) is 44.2 Å². The first-order chi connectivity index (χ1) is 7.06. The van der Waals surface area contributed by atoms with Crippen LogP contribution in [0.4, 0.5) is 0 Å². The Hall–Kier alpha value is -0.900. The Morgan fingerprint density at radius 1 is 1.13 bits per heavy atom. The number of rotatable bonds is 5. The van der Waals surface area contributed by atoms with E-state index < -0.39 is 5.60 Å². The van der Waals surface area contributed by atoms with Crippen molar-refractivity contribution in [1.82, 2.24) is 0 Å². The van der Waals surface area contributed by atoms with Gasteiger partial charge < -0.3 is 4.74 Å². The first-order valence-electron chi connectivity index (χ1n) is 4.99. The van der Waals surface area contributed by atoms with Crippen molar-refractivity contribution in [2.45, 2.75) is 32.7 Å². The van der Waals surface area contributed by atoms with Gasteiger partial charge in [-0.05, 0) is 26.3 Å². The van der Waals surface area contributed by atoms with Crippen molar-refractivity contribution in [3.05, 3.63) is 35.9 Å². The van der Waals surface area contributed by atoms with E-state index in [0.717, 1.165) is 5.56 Å². The lowest BCUT2D eigenvalue weighted by molar-refractivity contribution is -0.416. The fraction of sp³-hybridized carbons (Fsp3) is 0.500. The largest absolute Gasteiger partial charge is 0.353 e. The molecule has 15 heavy (non-hydrogen) atoms. The lowest BCUT2D eigenvalue weighted by Crippen LogP contribution is -2.25. The smallest absolute Gasteiger partial charge is 0.188 e. The van der Waals surface area contributed by atoms with E-state index in [1.165, 1.54) is 0 Å². The van der Waals surface area contributed by atoms with Crippen LogP contribution < -0.4 is 0 Å². The predicted octanol–water partition coefficient (Wildman–Crippen LogP) is 2.86. The van der Waals surface area contributed by atoms with Gasteiger partial charge in [-0.3, -0.25) is 0 Å². The highest BCUT2D eigenvalue weighted by atomic mass is 17.2. The molecule has 0 saturated carbocycles. The summed E-state index contributed by atoms with van der Waals surface area (Å²) in [5, 5.41) is 0. The quantitative estimate of drug-likeness (QED) is 0.425. The zero-order chi connectivity index (χ0) is 11.3. The van der Waals surface area contributed by atoms with E-state index in [9.17, 15) is 0 Å². The molecule has 1 aromatic rings. The summed E-state index contributed by atoms with van der Waals surface area (Å²) >= 11 is 0. The highest BCUT2D eigenvalue weighted by Crippen LogP contribution is 2.24. The average Bonchev–Trinajstić information content (AvgIpc) is 2.27. The third-order valence-electron chi connectivity index (χ3n) is 2.19. The molecule has 0 aliphatic heterocycles. The second kappa shape index (κ2) is 5.26. The molecule has 1 aromatic carbocycles. The van der Waals surface area contributed by atoms with Gasteiger partial charge in [-0.1, -0.05) is 30.3 Å². The topological polar surface area (TPSA) is 27.7 Å². The number of hydrogen-bond acceptors (Lipinski definition) is 3. The monoisotopic (exact) mass is 210 g/mol. The van der Waals surface area contributed by atoms with Gasteiger partial charge in [0.25, 0.3) is 0 Å². The van der Waals surface area contributed by atoms with Crippen LogP contribution >= 0.6 is 0 Å². The fourth-order valence-corrected chi connectivity index (χ4v) is 1.11. The number of methoxy groups -OCH3 is 1. The molecule has 1 unspecified atom stereocenters. The Kier molecular flexibility index (Phi) is 4.27. The van der Waals surface area contributed by atoms with E-state index in [-0.39, 0.29) is 6.29 Å². The standard InChI is InChI=1S/C12H18O3/c1-10(13-4)14-15-12(2,3)11-8-6-5-7-9-11/h5-10H,1-4H3. The van der Waals surface area contributed by atoms with E-state index in [2.05, 4.69) is 0 Å². The van der Waals surface area contributed by atoms with E-state index in [1.54, 1.807) is 14.0 Å². The van der Waals surface area contributed by atoms with Crippen LogP contribution in [0.25, 0.3) is 0 Å². The van der Waals surface area contributed by atoms with Gasteiger partial charge in [0.1, 0.15) is 5.60 Å². The molecular formula is C12H18O3. The lowest BCUT2D eigenvalue weighted by atomic mass is 9.99. The zero-order valence-corrected chi connectivity index (χ0v) is 9.69. The first kappa shape index (κ1) is 12.2. The second-order valence-corrected chi connectivity index (χ2v) is 3.86. The number of ether oxygens (including phenoxy) is 1. The molecule has 84 valence electrons. The van der Waals surface area contributed by atoms with Crippen LogP contribution in [0.15, 0.2) is 30.3 Å². The maximum absolute atomic E-state index is 5.34. The van der Waals surface area contributed by atoms with Crippen molar-refractivity contribution in [1.29, 1.82) is 0 Å². The van der Waals surface area contributed by atoms with Crippen LogP contribution in [0.2, 0.25) is 0 Å². The maximum atomic E-state index is 5.34. The Balaban J connectivity index is 2.59. The lowest BCUT2D eigenvalue weighted by Gasteiger charge is -2.25. The summed E-state index contributed by atoms with van der Waals surface area (Å²) in [6, 6.07) is 9.92. The van der Waals surface area contributed by atoms with Crippen LogP contribution in [-0.2, 0) is 20.1 Å². The molecule has 0 aliphatic carbocycles. The van der Waals surface area contributed by atoms with E-state index in [0.29, 0.717) is 0 Å². The summed E-state index contributed by atoms with van der Waals surface area (Å²) in [5.41, 5.74) is 0.585. The van der Waals surface area contributed by atoms with Gasteiger partial charge in [-0.15, -0.1) is 0 Å². The van der Waals surface area contributed by atoms with Crippen molar-refractivity contribution in [3.63, 3.8) is 0 Å². The summed E-state index contributed by atoms with van der Waals surface area (Å²) < 4.78 is 4.93. The Bertz CT molecular complexity index is 282. The van der Waals surface area contributed by atoms with Gasteiger partial charge in [-0.2, -0.15) is 0 Å². The maximum Gasteiger partial charge on any atom is 0.188 e. The Morgan fingerprint density at radius 2 is 1.73 bits per heavy atom. The molecule has 0 heterocycles. The summed E-state index contributed by atoms with van der Waals surface area (Å²) in [5.74, 6) is 0. The third-order valence-corrected chi connectivity index (χ3v) is 2.19. The summed E-state index contributed by atoms with van der Waals surface area (Å²) in [4.78, 5) is 10.4. The predicted molar refractivity (Wildman–Crippen MR) is 58.1 cm³/mol. The van der Waals surface area contributed by atoms with Crippen LogP contribution in [0, 0.1) is 0 Å². The van der Waals surface area contributed by atoms with Crippen molar-refractivity contribution in [3.8, 4) is 0 Å².